The largest absolute Gasteiger partial charge is 0.490 e. The highest BCUT2D eigenvalue weighted by atomic mass is 16.5. The quantitative estimate of drug-likeness (QED) is 0.860. The topological polar surface area (TPSA) is 32.8 Å². The Morgan fingerprint density at radius 3 is 2.95 bits per heavy atom. The zero-order chi connectivity index (χ0) is 15.7. The van der Waals surface area contributed by atoms with Crippen molar-refractivity contribution >= 4 is 5.91 Å². The number of rotatable bonds is 3. The number of carbonyl (C=O) groups excluding carboxylic acids is 1. The van der Waals surface area contributed by atoms with Crippen LogP contribution in [0.4, 0.5) is 0 Å². The molecule has 0 radical (unpaired) electrons. The maximum absolute atomic E-state index is 12.9. The summed E-state index contributed by atoms with van der Waals surface area (Å²) in [6, 6.07) is 6.24. The lowest BCUT2D eigenvalue weighted by Crippen LogP contribution is -2.48. The van der Waals surface area contributed by atoms with Gasteiger partial charge < -0.3 is 14.5 Å². The third-order valence-electron chi connectivity index (χ3n) is 4.61. The number of hydrogen-bond acceptors (Lipinski definition) is 3. The van der Waals surface area contributed by atoms with Crippen LogP contribution in [0.25, 0.3) is 0 Å². The maximum atomic E-state index is 12.9. The predicted octanol–water partition coefficient (Wildman–Crippen LogP) is 2.57. The number of piperidine rings is 1. The summed E-state index contributed by atoms with van der Waals surface area (Å²) in [5, 5.41) is 0. The summed E-state index contributed by atoms with van der Waals surface area (Å²) in [6.07, 6.45) is 4.56. The summed E-state index contributed by atoms with van der Waals surface area (Å²) in [7, 11) is 4.15. The number of benzene rings is 1. The van der Waals surface area contributed by atoms with Gasteiger partial charge in [0.25, 0.3) is 5.91 Å². The second-order valence-electron chi connectivity index (χ2n) is 6.87. The minimum atomic E-state index is 0.175. The molecule has 2 aliphatic heterocycles. The molecule has 1 saturated heterocycles. The standard InChI is InChI=1S/C18H26N2O2/c1-13-10-15-11-14(7-8-17(15)22-13)18(21)20-9-5-4-6-16(20)12-19(2)3/h7-8,11,13,16H,4-6,9-10,12H2,1-3H3. The first-order valence-corrected chi connectivity index (χ1v) is 8.30. The molecule has 0 bridgehead atoms. The van der Waals surface area contributed by atoms with Crippen molar-refractivity contribution in [2.45, 2.75) is 44.8 Å². The molecule has 1 amide bonds. The molecule has 22 heavy (non-hydrogen) atoms. The van der Waals surface area contributed by atoms with Crippen molar-refractivity contribution in [1.29, 1.82) is 0 Å². The van der Waals surface area contributed by atoms with Crippen molar-refractivity contribution in [3.63, 3.8) is 0 Å². The van der Waals surface area contributed by atoms with Gasteiger partial charge in [0.1, 0.15) is 11.9 Å². The van der Waals surface area contributed by atoms with E-state index < -0.39 is 0 Å². The van der Waals surface area contributed by atoms with Crippen LogP contribution in [-0.2, 0) is 6.42 Å². The molecule has 2 unspecified atom stereocenters. The van der Waals surface area contributed by atoms with E-state index in [-0.39, 0.29) is 12.0 Å². The zero-order valence-electron chi connectivity index (χ0n) is 13.8. The number of likely N-dealkylation sites (N-methyl/N-ethyl adjacent to an activating group) is 1. The Morgan fingerprint density at radius 1 is 1.36 bits per heavy atom. The summed E-state index contributed by atoms with van der Waals surface area (Å²) in [5.41, 5.74) is 1.97. The van der Waals surface area contributed by atoms with Crippen LogP contribution in [0, 0.1) is 0 Å². The molecular weight excluding hydrogens is 276 g/mol. The summed E-state index contributed by atoms with van der Waals surface area (Å²) in [5.74, 6) is 1.11. The highest BCUT2D eigenvalue weighted by Crippen LogP contribution is 2.30. The van der Waals surface area contributed by atoms with Gasteiger partial charge in [-0.25, -0.2) is 0 Å². The van der Waals surface area contributed by atoms with Crippen LogP contribution in [0.2, 0.25) is 0 Å². The van der Waals surface area contributed by atoms with Gasteiger partial charge in [0.05, 0.1) is 0 Å². The van der Waals surface area contributed by atoms with Crippen LogP contribution < -0.4 is 4.74 Å². The van der Waals surface area contributed by atoms with E-state index >= 15 is 0 Å². The summed E-state index contributed by atoms with van der Waals surface area (Å²) in [6.45, 7) is 3.89. The molecule has 1 aromatic rings. The van der Waals surface area contributed by atoms with Gasteiger partial charge in [-0.3, -0.25) is 4.79 Å². The predicted molar refractivity (Wildman–Crippen MR) is 87.5 cm³/mol. The van der Waals surface area contributed by atoms with Crippen molar-refractivity contribution in [3.05, 3.63) is 29.3 Å². The fraction of sp³-hybridized carbons (Fsp3) is 0.611. The van der Waals surface area contributed by atoms with Crippen LogP contribution in [0.3, 0.4) is 0 Å². The number of hydrogen-bond donors (Lipinski definition) is 0. The van der Waals surface area contributed by atoms with Gasteiger partial charge in [-0.1, -0.05) is 0 Å². The van der Waals surface area contributed by atoms with Crippen LogP contribution in [-0.4, -0.2) is 55.0 Å². The first-order chi connectivity index (χ1) is 10.5. The van der Waals surface area contributed by atoms with Gasteiger partial charge in [0.2, 0.25) is 0 Å². The van der Waals surface area contributed by atoms with Crippen LogP contribution >= 0.6 is 0 Å². The second kappa shape index (κ2) is 6.29. The Kier molecular flexibility index (Phi) is 4.39. The van der Waals surface area contributed by atoms with Crippen molar-refractivity contribution in [2.24, 2.45) is 0 Å². The summed E-state index contributed by atoms with van der Waals surface area (Å²) >= 11 is 0. The van der Waals surface area contributed by atoms with Crippen LogP contribution in [0.1, 0.15) is 42.1 Å². The fourth-order valence-electron chi connectivity index (χ4n) is 3.60. The summed E-state index contributed by atoms with van der Waals surface area (Å²) < 4.78 is 5.73. The average Bonchev–Trinajstić information content (AvgIpc) is 2.85. The normalized spacial score (nSPS) is 24.3. The molecule has 2 atom stereocenters. The lowest BCUT2D eigenvalue weighted by molar-refractivity contribution is 0.0574. The number of amides is 1. The molecule has 0 N–H and O–H groups in total. The van der Waals surface area contributed by atoms with Gasteiger partial charge >= 0.3 is 0 Å². The van der Waals surface area contributed by atoms with Crippen LogP contribution in [0.5, 0.6) is 5.75 Å². The number of likely N-dealkylation sites (tertiary alicyclic amines) is 1. The molecular formula is C18H26N2O2. The lowest BCUT2D eigenvalue weighted by Gasteiger charge is -2.37. The van der Waals surface area contributed by atoms with Gasteiger partial charge in [0, 0.05) is 31.1 Å². The fourth-order valence-corrected chi connectivity index (χ4v) is 3.60. The van der Waals surface area contributed by atoms with Gasteiger partial charge in [-0.05, 0) is 64.0 Å². The van der Waals surface area contributed by atoms with E-state index in [1.54, 1.807) is 0 Å². The molecule has 4 nitrogen and oxygen atoms in total. The molecule has 0 aliphatic carbocycles. The molecule has 0 aromatic heterocycles. The zero-order valence-corrected chi connectivity index (χ0v) is 13.8. The first kappa shape index (κ1) is 15.3. The van der Waals surface area contributed by atoms with E-state index in [4.69, 9.17) is 4.74 Å². The Bertz CT molecular complexity index is 556. The number of carbonyl (C=O) groups is 1. The third-order valence-corrected chi connectivity index (χ3v) is 4.61. The minimum Gasteiger partial charge on any atom is -0.490 e. The van der Waals surface area contributed by atoms with E-state index in [2.05, 4.69) is 30.8 Å². The Hall–Kier alpha value is -1.55. The monoisotopic (exact) mass is 302 g/mol. The smallest absolute Gasteiger partial charge is 0.254 e. The third kappa shape index (κ3) is 3.12. The summed E-state index contributed by atoms with van der Waals surface area (Å²) in [4.78, 5) is 17.2. The molecule has 2 heterocycles. The molecule has 2 aliphatic rings. The molecule has 3 rings (SSSR count). The van der Waals surface area contributed by atoms with Crippen molar-refractivity contribution in [2.75, 3.05) is 27.2 Å². The Labute approximate surface area is 133 Å². The van der Waals surface area contributed by atoms with Crippen molar-refractivity contribution in [3.8, 4) is 5.75 Å². The Balaban J connectivity index is 1.79. The van der Waals surface area contributed by atoms with E-state index in [1.165, 1.54) is 12.0 Å². The molecule has 0 spiro atoms. The molecule has 0 saturated carbocycles. The van der Waals surface area contributed by atoms with Gasteiger partial charge in [0.15, 0.2) is 0 Å². The first-order valence-electron chi connectivity index (χ1n) is 8.30. The van der Waals surface area contributed by atoms with Gasteiger partial charge in [-0.2, -0.15) is 0 Å². The minimum absolute atomic E-state index is 0.175. The number of nitrogens with zero attached hydrogens (tertiary/aromatic N) is 2. The average molecular weight is 302 g/mol. The second-order valence-corrected chi connectivity index (χ2v) is 6.87. The highest BCUT2D eigenvalue weighted by molar-refractivity contribution is 5.95. The van der Waals surface area contributed by atoms with Crippen molar-refractivity contribution in [1.82, 2.24) is 9.80 Å². The van der Waals surface area contributed by atoms with E-state index in [1.807, 2.05) is 18.2 Å². The SMILES string of the molecule is CC1Cc2cc(C(=O)N3CCCCC3CN(C)C)ccc2O1. The molecule has 1 aromatic carbocycles. The van der Waals surface area contributed by atoms with E-state index in [0.29, 0.717) is 6.04 Å². The van der Waals surface area contributed by atoms with E-state index in [9.17, 15) is 4.79 Å². The van der Waals surface area contributed by atoms with Gasteiger partial charge in [-0.15, -0.1) is 0 Å². The maximum Gasteiger partial charge on any atom is 0.254 e. The lowest BCUT2D eigenvalue weighted by atomic mass is 9.99. The molecule has 4 heteroatoms. The Morgan fingerprint density at radius 2 is 2.18 bits per heavy atom. The van der Waals surface area contributed by atoms with Crippen molar-refractivity contribution < 1.29 is 9.53 Å². The molecule has 120 valence electrons. The number of fused-ring (bicyclic) bond motifs is 1. The highest BCUT2D eigenvalue weighted by Gasteiger charge is 2.29. The number of ether oxygens (including phenoxy) is 1. The van der Waals surface area contributed by atoms with E-state index in [0.717, 1.165) is 43.7 Å². The van der Waals surface area contributed by atoms with Crippen LogP contribution in [0.15, 0.2) is 18.2 Å². The molecule has 1 fully saturated rings.